The Morgan fingerprint density at radius 3 is 2.44 bits per heavy atom. The monoisotopic (exact) mass is 248 g/mol. The van der Waals surface area contributed by atoms with Crippen LogP contribution in [0.2, 0.25) is 0 Å². The second-order valence-electron chi connectivity index (χ2n) is 5.78. The van der Waals surface area contributed by atoms with Gasteiger partial charge in [-0.05, 0) is 30.7 Å². The SMILES string of the molecule is CC(C)CC(C)(C)CNC(=O)[C@H]1CCN1.Cl. The minimum atomic E-state index is 0. The van der Waals surface area contributed by atoms with E-state index in [9.17, 15) is 4.79 Å². The highest BCUT2D eigenvalue weighted by Gasteiger charge is 2.26. The zero-order chi connectivity index (χ0) is 11.5. The molecule has 2 N–H and O–H groups in total. The van der Waals surface area contributed by atoms with Gasteiger partial charge in [-0.25, -0.2) is 0 Å². The number of nitrogens with one attached hydrogen (secondary N) is 2. The fourth-order valence-electron chi connectivity index (χ4n) is 2.14. The molecule has 1 amide bonds. The molecule has 1 heterocycles. The van der Waals surface area contributed by atoms with Crippen molar-refractivity contribution in [2.45, 2.75) is 46.6 Å². The lowest BCUT2D eigenvalue weighted by Crippen LogP contribution is -2.54. The molecule has 1 aliphatic rings. The molecule has 0 bridgehead atoms. The number of rotatable bonds is 5. The first-order valence-corrected chi connectivity index (χ1v) is 5.92. The first-order chi connectivity index (χ1) is 6.91. The Hall–Kier alpha value is -0.280. The summed E-state index contributed by atoms with van der Waals surface area (Å²) in [5.41, 5.74) is 0.202. The predicted molar refractivity (Wildman–Crippen MR) is 69.9 cm³/mol. The van der Waals surface area contributed by atoms with Gasteiger partial charge < -0.3 is 10.6 Å². The largest absolute Gasteiger partial charge is 0.354 e. The fraction of sp³-hybridized carbons (Fsp3) is 0.917. The van der Waals surface area contributed by atoms with Gasteiger partial charge in [0.15, 0.2) is 0 Å². The average Bonchev–Trinajstić information content (AvgIpc) is 1.95. The molecular weight excluding hydrogens is 224 g/mol. The molecule has 0 unspecified atom stereocenters. The predicted octanol–water partition coefficient (Wildman–Crippen LogP) is 1.96. The Labute approximate surface area is 105 Å². The summed E-state index contributed by atoms with van der Waals surface area (Å²) in [5.74, 6) is 0.844. The lowest BCUT2D eigenvalue weighted by atomic mass is 9.84. The summed E-state index contributed by atoms with van der Waals surface area (Å²) in [4.78, 5) is 11.6. The van der Waals surface area contributed by atoms with Crippen molar-refractivity contribution in [2.75, 3.05) is 13.1 Å². The van der Waals surface area contributed by atoms with Crippen molar-refractivity contribution < 1.29 is 4.79 Å². The van der Waals surface area contributed by atoms with E-state index in [-0.39, 0.29) is 29.8 Å². The van der Waals surface area contributed by atoms with Gasteiger partial charge in [-0.2, -0.15) is 0 Å². The van der Waals surface area contributed by atoms with E-state index in [2.05, 4.69) is 38.3 Å². The fourth-order valence-corrected chi connectivity index (χ4v) is 2.14. The lowest BCUT2D eigenvalue weighted by Gasteiger charge is -2.30. The van der Waals surface area contributed by atoms with Crippen LogP contribution in [0.4, 0.5) is 0 Å². The molecule has 0 saturated carbocycles. The second-order valence-corrected chi connectivity index (χ2v) is 5.78. The van der Waals surface area contributed by atoms with Crippen LogP contribution in [0, 0.1) is 11.3 Å². The molecule has 0 aromatic carbocycles. The van der Waals surface area contributed by atoms with Gasteiger partial charge in [0.2, 0.25) is 5.91 Å². The van der Waals surface area contributed by atoms with Crippen molar-refractivity contribution in [3.8, 4) is 0 Å². The zero-order valence-electron chi connectivity index (χ0n) is 10.8. The van der Waals surface area contributed by atoms with Crippen molar-refractivity contribution in [3.63, 3.8) is 0 Å². The van der Waals surface area contributed by atoms with E-state index < -0.39 is 0 Å². The summed E-state index contributed by atoms with van der Waals surface area (Å²) in [6, 6.07) is 0.0693. The molecule has 4 heteroatoms. The van der Waals surface area contributed by atoms with Gasteiger partial charge in [-0.3, -0.25) is 4.79 Å². The average molecular weight is 249 g/mol. The maximum atomic E-state index is 11.6. The Kier molecular flexibility index (Phi) is 6.34. The van der Waals surface area contributed by atoms with Crippen molar-refractivity contribution in [2.24, 2.45) is 11.3 Å². The van der Waals surface area contributed by atoms with Gasteiger partial charge in [-0.15, -0.1) is 12.4 Å². The number of carbonyl (C=O) groups is 1. The number of halogens is 1. The minimum Gasteiger partial charge on any atom is -0.354 e. The van der Waals surface area contributed by atoms with Crippen LogP contribution in [0.1, 0.15) is 40.5 Å². The van der Waals surface area contributed by atoms with Crippen LogP contribution in [0.25, 0.3) is 0 Å². The minimum absolute atomic E-state index is 0. The van der Waals surface area contributed by atoms with Crippen molar-refractivity contribution >= 4 is 18.3 Å². The number of amides is 1. The van der Waals surface area contributed by atoms with Crippen LogP contribution in [0.5, 0.6) is 0 Å². The Balaban J connectivity index is 0.00000225. The summed E-state index contributed by atoms with van der Waals surface area (Å²) in [6.07, 6.45) is 2.13. The smallest absolute Gasteiger partial charge is 0.237 e. The summed E-state index contributed by atoms with van der Waals surface area (Å²) in [7, 11) is 0. The molecular formula is C12H25ClN2O. The molecule has 0 aromatic heterocycles. The highest BCUT2D eigenvalue weighted by molar-refractivity contribution is 5.85. The van der Waals surface area contributed by atoms with Gasteiger partial charge in [-0.1, -0.05) is 27.7 Å². The van der Waals surface area contributed by atoms with Crippen LogP contribution in [0.3, 0.4) is 0 Å². The first-order valence-electron chi connectivity index (χ1n) is 5.92. The lowest BCUT2D eigenvalue weighted by molar-refractivity contribution is -0.125. The zero-order valence-corrected chi connectivity index (χ0v) is 11.6. The summed E-state index contributed by atoms with van der Waals surface area (Å²) >= 11 is 0. The second kappa shape index (κ2) is 6.45. The van der Waals surface area contributed by atoms with E-state index in [0.717, 1.165) is 25.9 Å². The van der Waals surface area contributed by atoms with Gasteiger partial charge in [0.25, 0.3) is 0 Å². The third kappa shape index (κ3) is 5.17. The molecule has 3 nitrogen and oxygen atoms in total. The number of carbonyl (C=O) groups excluding carboxylic acids is 1. The molecule has 0 aliphatic carbocycles. The summed E-state index contributed by atoms with van der Waals surface area (Å²) < 4.78 is 0. The molecule has 16 heavy (non-hydrogen) atoms. The van der Waals surface area contributed by atoms with Gasteiger partial charge in [0.1, 0.15) is 0 Å². The van der Waals surface area contributed by atoms with E-state index in [0.29, 0.717) is 5.92 Å². The van der Waals surface area contributed by atoms with Crippen molar-refractivity contribution in [3.05, 3.63) is 0 Å². The molecule has 1 fully saturated rings. The molecule has 0 aromatic rings. The van der Waals surface area contributed by atoms with Crippen LogP contribution in [0.15, 0.2) is 0 Å². The normalized spacial score (nSPS) is 19.9. The molecule has 0 spiro atoms. The maximum absolute atomic E-state index is 11.6. The van der Waals surface area contributed by atoms with E-state index in [1.807, 2.05) is 0 Å². The van der Waals surface area contributed by atoms with Gasteiger partial charge >= 0.3 is 0 Å². The Morgan fingerprint density at radius 2 is 2.06 bits per heavy atom. The van der Waals surface area contributed by atoms with E-state index in [1.54, 1.807) is 0 Å². The summed E-state index contributed by atoms with van der Waals surface area (Å²) in [6.45, 7) is 10.6. The van der Waals surface area contributed by atoms with E-state index in [1.165, 1.54) is 0 Å². The van der Waals surface area contributed by atoms with Crippen molar-refractivity contribution in [1.29, 1.82) is 0 Å². The quantitative estimate of drug-likeness (QED) is 0.781. The number of hydrogen-bond donors (Lipinski definition) is 2. The van der Waals surface area contributed by atoms with E-state index >= 15 is 0 Å². The molecule has 0 radical (unpaired) electrons. The maximum Gasteiger partial charge on any atom is 0.237 e. The van der Waals surface area contributed by atoms with Crippen LogP contribution in [-0.4, -0.2) is 25.0 Å². The third-order valence-corrected chi connectivity index (χ3v) is 2.84. The van der Waals surface area contributed by atoms with E-state index in [4.69, 9.17) is 0 Å². The van der Waals surface area contributed by atoms with Crippen LogP contribution in [-0.2, 0) is 4.79 Å². The van der Waals surface area contributed by atoms with Crippen molar-refractivity contribution in [1.82, 2.24) is 10.6 Å². The highest BCUT2D eigenvalue weighted by atomic mass is 35.5. The Bertz CT molecular complexity index is 225. The number of hydrogen-bond acceptors (Lipinski definition) is 2. The molecule has 96 valence electrons. The highest BCUT2D eigenvalue weighted by Crippen LogP contribution is 2.24. The molecule has 1 atom stereocenters. The topological polar surface area (TPSA) is 41.1 Å². The Morgan fingerprint density at radius 1 is 1.50 bits per heavy atom. The molecule has 1 rings (SSSR count). The third-order valence-electron chi connectivity index (χ3n) is 2.84. The molecule has 1 aliphatic heterocycles. The van der Waals surface area contributed by atoms with Crippen LogP contribution < -0.4 is 10.6 Å². The summed E-state index contributed by atoms with van der Waals surface area (Å²) in [5, 5.41) is 6.14. The first kappa shape index (κ1) is 15.7. The van der Waals surface area contributed by atoms with Crippen LogP contribution >= 0.6 is 12.4 Å². The van der Waals surface area contributed by atoms with Gasteiger partial charge in [0.05, 0.1) is 6.04 Å². The molecule has 1 saturated heterocycles. The van der Waals surface area contributed by atoms with Gasteiger partial charge in [0, 0.05) is 6.54 Å². The standard InChI is InChI=1S/C12H24N2O.ClH/c1-9(2)7-12(3,4)8-14-11(15)10-5-6-13-10;/h9-10,13H,5-8H2,1-4H3,(H,14,15);1H/t10-;/m1./s1.